The van der Waals surface area contributed by atoms with E-state index in [9.17, 15) is 0 Å². The van der Waals surface area contributed by atoms with Crippen LogP contribution in [-0.4, -0.2) is 35.6 Å². The maximum absolute atomic E-state index is 4.39. The largest absolute Gasteiger partial charge is 0.314 e. The minimum absolute atomic E-state index is 0. The molecule has 4 heteroatoms. The molecule has 21 heavy (non-hydrogen) atoms. The van der Waals surface area contributed by atoms with Crippen LogP contribution in [0.2, 0.25) is 0 Å². The van der Waals surface area contributed by atoms with Crippen LogP contribution in [0, 0.1) is 5.92 Å². The van der Waals surface area contributed by atoms with Crippen LogP contribution in [0.3, 0.4) is 0 Å². The molecule has 0 spiro atoms. The molecule has 0 bridgehead atoms. The molecular weight excluding hydrogens is 282 g/mol. The highest BCUT2D eigenvalue weighted by atomic mass is 35.5. The lowest BCUT2D eigenvalue weighted by Gasteiger charge is -2.34. The van der Waals surface area contributed by atoms with Crippen molar-refractivity contribution in [3.63, 3.8) is 0 Å². The molecule has 1 N–H and O–H groups in total. The van der Waals surface area contributed by atoms with E-state index in [0.717, 1.165) is 24.0 Å². The van der Waals surface area contributed by atoms with Crippen molar-refractivity contribution >= 4 is 23.3 Å². The van der Waals surface area contributed by atoms with Gasteiger partial charge in [0, 0.05) is 30.7 Å². The number of rotatable bonds is 2. The van der Waals surface area contributed by atoms with Gasteiger partial charge in [0.15, 0.2) is 0 Å². The average molecular weight is 304 g/mol. The molecule has 1 aromatic heterocycles. The van der Waals surface area contributed by atoms with Crippen LogP contribution >= 0.6 is 12.4 Å². The molecule has 2 aliphatic rings. The molecular formula is C17H22ClN3. The number of fused-ring (bicyclic) bond motifs is 2. The molecule has 2 atom stereocenters. The molecule has 0 aliphatic carbocycles. The van der Waals surface area contributed by atoms with Crippen LogP contribution in [0.25, 0.3) is 10.9 Å². The number of nitrogens with zero attached hydrogens (tertiary/aromatic N) is 2. The summed E-state index contributed by atoms with van der Waals surface area (Å²) in [5.41, 5.74) is 2.50. The minimum atomic E-state index is 0. The van der Waals surface area contributed by atoms with Crippen LogP contribution in [0.5, 0.6) is 0 Å². The Morgan fingerprint density at radius 3 is 3.14 bits per heavy atom. The van der Waals surface area contributed by atoms with E-state index in [-0.39, 0.29) is 12.4 Å². The first-order valence-electron chi connectivity index (χ1n) is 7.68. The topological polar surface area (TPSA) is 28.2 Å². The highest BCUT2D eigenvalue weighted by Gasteiger charge is 2.32. The van der Waals surface area contributed by atoms with Crippen LogP contribution in [0.4, 0.5) is 0 Å². The van der Waals surface area contributed by atoms with E-state index >= 15 is 0 Å². The lowest BCUT2D eigenvalue weighted by Crippen LogP contribution is -2.43. The van der Waals surface area contributed by atoms with Gasteiger partial charge in [-0.1, -0.05) is 12.1 Å². The molecule has 1 aromatic carbocycles. The van der Waals surface area contributed by atoms with E-state index in [1.54, 1.807) is 0 Å². The number of likely N-dealkylation sites (tertiary alicyclic amines) is 1. The quantitative estimate of drug-likeness (QED) is 0.925. The first kappa shape index (κ1) is 14.8. The van der Waals surface area contributed by atoms with Gasteiger partial charge in [-0.2, -0.15) is 0 Å². The van der Waals surface area contributed by atoms with E-state index in [2.05, 4.69) is 39.5 Å². The summed E-state index contributed by atoms with van der Waals surface area (Å²) in [6.45, 7) is 4.76. The number of benzene rings is 1. The number of nitrogens with one attached hydrogen (secondary N) is 1. The molecule has 4 rings (SSSR count). The van der Waals surface area contributed by atoms with E-state index in [4.69, 9.17) is 0 Å². The molecule has 0 amide bonds. The van der Waals surface area contributed by atoms with Crippen molar-refractivity contribution in [2.24, 2.45) is 5.92 Å². The fourth-order valence-electron chi connectivity index (χ4n) is 3.75. The van der Waals surface area contributed by atoms with Crippen molar-refractivity contribution in [2.75, 3.05) is 19.6 Å². The summed E-state index contributed by atoms with van der Waals surface area (Å²) >= 11 is 0. The summed E-state index contributed by atoms with van der Waals surface area (Å²) < 4.78 is 0. The molecule has 2 aliphatic heterocycles. The standard InChI is InChI=1S/C17H21N3.ClH/c1-2-14-10-13(3-4-16(14)18-7-1)11-20-9-6-17-15(12-20)5-8-19-17;/h1-4,7,10,15,17,19H,5-6,8-9,11-12H2;1H. The second-order valence-electron chi connectivity index (χ2n) is 6.16. The fraction of sp³-hybridized carbons (Fsp3) is 0.471. The normalized spacial score (nSPS) is 25.5. The summed E-state index contributed by atoms with van der Waals surface area (Å²) in [5, 5.41) is 4.88. The lowest BCUT2D eigenvalue weighted by atomic mass is 9.93. The van der Waals surface area contributed by atoms with Gasteiger partial charge >= 0.3 is 0 Å². The summed E-state index contributed by atoms with van der Waals surface area (Å²) in [4.78, 5) is 7.01. The van der Waals surface area contributed by atoms with Gasteiger partial charge in [0.2, 0.25) is 0 Å². The molecule has 3 nitrogen and oxygen atoms in total. The van der Waals surface area contributed by atoms with Crippen molar-refractivity contribution in [3.8, 4) is 0 Å². The van der Waals surface area contributed by atoms with Crippen molar-refractivity contribution in [2.45, 2.75) is 25.4 Å². The molecule has 2 saturated heterocycles. The van der Waals surface area contributed by atoms with Crippen molar-refractivity contribution in [1.29, 1.82) is 0 Å². The van der Waals surface area contributed by atoms with Crippen LogP contribution in [0.15, 0.2) is 36.5 Å². The second kappa shape index (κ2) is 6.30. The van der Waals surface area contributed by atoms with Gasteiger partial charge in [-0.25, -0.2) is 0 Å². The Balaban J connectivity index is 0.00000132. The Morgan fingerprint density at radius 1 is 1.24 bits per heavy atom. The van der Waals surface area contributed by atoms with Crippen molar-refractivity contribution in [3.05, 3.63) is 42.1 Å². The molecule has 2 unspecified atom stereocenters. The van der Waals surface area contributed by atoms with Gasteiger partial charge < -0.3 is 5.32 Å². The molecule has 2 aromatic rings. The van der Waals surface area contributed by atoms with Gasteiger partial charge in [0.25, 0.3) is 0 Å². The van der Waals surface area contributed by atoms with E-state index < -0.39 is 0 Å². The smallest absolute Gasteiger partial charge is 0.0702 e. The Labute approximate surface area is 132 Å². The number of aromatic nitrogens is 1. The number of pyridine rings is 1. The van der Waals surface area contributed by atoms with Gasteiger partial charge in [-0.05, 0) is 55.6 Å². The Morgan fingerprint density at radius 2 is 2.19 bits per heavy atom. The third kappa shape index (κ3) is 3.05. The Bertz CT molecular complexity index is 616. The zero-order valence-corrected chi connectivity index (χ0v) is 13.0. The van der Waals surface area contributed by atoms with E-state index in [1.807, 2.05) is 12.3 Å². The van der Waals surface area contributed by atoms with Crippen LogP contribution in [-0.2, 0) is 6.54 Å². The highest BCUT2D eigenvalue weighted by Crippen LogP contribution is 2.26. The minimum Gasteiger partial charge on any atom is -0.314 e. The Kier molecular flexibility index (Phi) is 4.43. The van der Waals surface area contributed by atoms with Gasteiger partial charge in [0.1, 0.15) is 0 Å². The maximum Gasteiger partial charge on any atom is 0.0702 e. The Hall–Kier alpha value is -1.16. The zero-order chi connectivity index (χ0) is 13.4. The average Bonchev–Trinajstić information content (AvgIpc) is 2.95. The summed E-state index contributed by atoms with van der Waals surface area (Å²) in [6.07, 6.45) is 4.52. The fourth-order valence-corrected chi connectivity index (χ4v) is 3.75. The SMILES string of the molecule is Cl.c1cnc2ccc(CN3CCC4NCCC4C3)cc2c1. The number of hydrogen-bond acceptors (Lipinski definition) is 3. The monoisotopic (exact) mass is 303 g/mol. The first-order valence-corrected chi connectivity index (χ1v) is 7.68. The third-order valence-corrected chi connectivity index (χ3v) is 4.81. The van der Waals surface area contributed by atoms with Crippen molar-refractivity contribution in [1.82, 2.24) is 15.2 Å². The third-order valence-electron chi connectivity index (χ3n) is 4.81. The predicted molar refractivity (Wildman–Crippen MR) is 88.8 cm³/mol. The molecule has 2 fully saturated rings. The summed E-state index contributed by atoms with van der Waals surface area (Å²) in [7, 11) is 0. The maximum atomic E-state index is 4.39. The summed E-state index contributed by atoms with van der Waals surface area (Å²) in [5.74, 6) is 0.867. The zero-order valence-electron chi connectivity index (χ0n) is 12.2. The predicted octanol–water partition coefficient (Wildman–Crippen LogP) is 2.84. The molecule has 0 radical (unpaired) electrons. The van der Waals surface area contributed by atoms with Crippen LogP contribution < -0.4 is 5.32 Å². The highest BCUT2D eigenvalue weighted by molar-refractivity contribution is 5.85. The number of hydrogen-bond donors (Lipinski definition) is 1. The lowest BCUT2D eigenvalue weighted by molar-refractivity contribution is 0.156. The molecule has 3 heterocycles. The second-order valence-corrected chi connectivity index (χ2v) is 6.16. The molecule has 112 valence electrons. The van der Waals surface area contributed by atoms with Crippen LogP contribution in [0.1, 0.15) is 18.4 Å². The van der Waals surface area contributed by atoms with E-state index in [0.29, 0.717) is 0 Å². The van der Waals surface area contributed by atoms with Gasteiger partial charge in [-0.15, -0.1) is 12.4 Å². The van der Waals surface area contributed by atoms with Gasteiger partial charge in [0.05, 0.1) is 5.52 Å². The van der Waals surface area contributed by atoms with E-state index in [1.165, 1.54) is 43.4 Å². The number of halogens is 1. The van der Waals surface area contributed by atoms with Crippen molar-refractivity contribution < 1.29 is 0 Å². The van der Waals surface area contributed by atoms with Gasteiger partial charge in [-0.3, -0.25) is 9.88 Å². The summed E-state index contributed by atoms with van der Waals surface area (Å²) in [6, 6.07) is 11.6. The first-order chi connectivity index (χ1) is 9.88. The number of piperidine rings is 1. The molecule has 0 saturated carbocycles.